The van der Waals surface area contributed by atoms with Crippen molar-refractivity contribution < 1.29 is 22.6 Å². The zero-order chi connectivity index (χ0) is 22.0. The molecule has 0 N–H and O–H groups in total. The normalized spacial score (nSPS) is 17.1. The fourth-order valence-electron chi connectivity index (χ4n) is 4.37. The number of aryl methyl sites for hydroxylation is 1. The summed E-state index contributed by atoms with van der Waals surface area (Å²) in [4.78, 5) is 2.21. The minimum atomic E-state index is -4.36. The fourth-order valence-corrected chi connectivity index (χ4v) is 4.37. The average Bonchev–Trinajstić information content (AvgIpc) is 3.14. The topological polar surface area (TPSA) is 26.6 Å². The molecule has 7 heteroatoms. The van der Waals surface area contributed by atoms with Crippen molar-refractivity contribution in [2.45, 2.75) is 31.7 Å². The second kappa shape index (κ2) is 8.67. The number of methoxy groups -OCH3 is 2. The summed E-state index contributed by atoms with van der Waals surface area (Å²) in [5, 5.41) is 0. The lowest BCUT2D eigenvalue weighted by Crippen LogP contribution is -2.30. The first-order valence-corrected chi connectivity index (χ1v) is 10.2. The molecule has 2 heterocycles. The van der Waals surface area contributed by atoms with Crippen LogP contribution in [0.2, 0.25) is 0 Å². The summed E-state index contributed by atoms with van der Waals surface area (Å²) in [6.07, 6.45) is -1.43. The van der Waals surface area contributed by atoms with Crippen molar-refractivity contribution in [1.82, 2.24) is 9.47 Å². The molecule has 1 unspecified atom stereocenters. The van der Waals surface area contributed by atoms with Gasteiger partial charge in [-0.05, 0) is 36.2 Å². The molecule has 4 rings (SSSR count). The van der Waals surface area contributed by atoms with Crippen LogP contribution in [0.3, 0.4) is 0 Å². The van der Waals surface area contributed by atoms with E-state index in [9.17, 15) is 13.2 Å². The van der Waals surface area contributed by atoms with Crippen LogP contribution in [-0.4, -0.2) is 30.2 Å². The van der Waals surface area contributed by atoms with Gasteiger partial charge in [0.1, 0.15) is 0 Å². The second-order valence-corrected chi connectivity index (χ2v) is 7.63. The van der Waals surface area contributed by atoms with Crippen LogP contribution in [0.25, 0.3) is 0 Å². The third-order valence-electron chi connectivity index (χ3n) is 5.72. The molecule has 4 nitrogen and oxygen atoms in total. The average molecular weight is 430 g/mol. The predicted octanol–water partition coefficient (Wildman–Crippen LogP) is 5.52. The molecule has 0 radical (unpaired) electrons. The van der Waals surface area contributed by atoms with E-state index in [0.717, 1.165) is 36.8 Å². The van der Waals surface area contributed by atoms with E-state index in [1.165, 1.54) is 12.1 Å². The van der Waals surface area contributed by atoms with Crippen LogP contribution in [0.5, 0.6) is 11.5 Å². The van der Waals surface area contributed by atoms with Crippen LogP contribution < -0.4 is 9.47 Å². The van der Waals surface area contributed by atoms with E-state index in [2.05, 4.69) is 15.5 Å². The molecule has 0 saturated carbocycles. The van der Waals surface area contributed by atoms with E-state index >= 15 is 0 Å². The molecule has 1 aliphatic heterocycles. The maximum absolute atomic E-state index is 13.2. The van der Waals surface area contributed by atoms with Crippen molar-refractivity contribution in [2.75, 3.05) is 20.8 Å². The lowest BCUT2D eigenvalue weighted by atomic mass is 9.99. The van der Waals surface area contributed by atoms with Crippen molar-refractivity contribution in [3.05, 3.63) is 83.2 Å². The van der Waals surface area contributed by atoms with E-state index in [4.69, 9.17) is 9.47 Å². The number of alkyl halides is 3. The van der Waals surface area contributed by atoms with Crippen molar-refractivity contribution in [3.63, 3.8) is 0 Å². The van der Waals surface area contributed by atoms with Gasteiger partial charge in [0, 0.05) is 37.1 Å². The number of fused-ring (bicyclic) bond motifs is 1. The highest BCUT2D eigenvalue weighted by Gasteiger charge is 2.33. The molecule has 3 aromatic rings. The lowest BCUT2D eigenvalue weighted by molar-refractivity contribution is -0.137. The third-order valence-corrected chi connectivity index (χ3v) is 5.72. The van der Waals surface area contributed by atoms with Crippen LogP contribution in [0, 0.1) is 0 Å². The highest BCUT2D eigenvalue weighted by atomic mass is 19.4. The molecule has 2 aromatic carbocycles. The Kier molecular flexibility index (Phi) is 5.96. The Hall–Kier alpha value is -2.93. The van der Waals surface area contributed by atoms with Crippen molar-refractivity contribution >= 4 is 0 Å². The van der Waals surface area contributed by atoms with Gasteiger partial charge in [0.25, 0.3) is 0 Å². The number of hydrogen-bond donors (Lipinski definition) is 0. The van der Waals surface area contributed by atoms with Crippen LogP contribution in [0.15, 0.2) is 60.8 Å². The molecule has 164 valence electrons. The predicted molar refractivity (Wildman–Crippen MR) is 112 cm³/mol. The summed E-state index contributed by atoms with van der Waals surface area (Å²) in [7, 11) is 3.20. The molecular formula is C24H25F3N2O2. The largest absolute Gasteiger partial charge is 0.493 e. The van der Waals surface area contributed by atoms with Crippen LogP contribution >= 0.6 is 0 Å². The van der Waals surface area contributed by atoms with E-state index in [1.54, 1.807) is 20.3 Å². The monoisotopic (exact) mass is 430 g/mol. The van der Waals surface area contributed by atoms with Crippen LogP contribution in [-0.2, 0) is 19.3 Å². The molecule has 1 atom stereocenters. The van der Waals surface area contributed by atoms with Crippen LogP contribution in [0.4, 0.5) is 13.2 Å². The van der Waals surface area contributed by atoms with Crippen molar-refractivity contribution in [2.24, 2.45) is 0 Å². The van der Waals surface area contributed by atoms with Gasteiger partial charge in [0.2, 0.25) is 0 Å². The second-order valence-electron chi connectivity index (χ2n) is 7.63. The maximum atomic E-state index is 13.2. The van der Waals surface area contributed by atoms with E-state index < -0.39 is 11.7 Å². The molecule has 0 saturated heterocycles. The van der Waals surface area contributed by atoms with Gasteiger partial charge in [-0.1, -0.05) is 30.3 Å². The zero-order valence-corrected chi connectivity index (χ0v) is 17.5. The first-order valence-electron chi connectivity index (χ1n) is 10.2. The van der Waals surface area contributed by atoms with E-state index in [0.29, 0.717) is 23.6 Å². The first-order chi connectivity index (χ1) is 14.9. The smallest absolute Gasteiger partial charge is 0.416 e. The Morgan fingerprint density at radius 3 is 2.52 bits per heavy atom. The number of halogens is 3. The Morgan fingerprint density at radius 2 is 1.77 bits per heavy atom. The highest BCUT2D eigenvalue weighted by Crippen LogP contribution is 2.42. The van der Waals surface area contributed by atoms with Gasteiger partial charge in [0.15, 0.2) is 11.5 Å². The summed E-state index contributed by atoms with van der Waals surface area (Å²) in [5.41, 5.74) is 2.01. The summed E-state index contributed by atoms with van der Waals surface area (Å²) in [6, 6.07) is 15.2. The summed E-state index contributed by atoms with van der Waals surface area (Å²) in [6.45, 7) is 1.98. The number of ether oxygens (including phenoxy) is 2. The fraction of sp³-hybridized carbons (Fsp3) is 0.333. The van der Waals surface area contributed by atoms with Crippen LogP contribution in [0.1, 0.15) is 34.8 Å². The van der Waals surface area contributed by atoms with Gasteiger partial charge in [0.05, 0.1) is 25.8 Å². The number of para-hydroxylation sites is 1. The number of hydrogen-bond acceptors (Lipinski definition) is 3. The van der Waals surface area contributed by atoms with Gasteiger partial charge in [-0.15, -0.1) is 0 Å². The molecule has 1 aromatic heterocycles. The van der Waals surface area contributed by atoms with E-state index in [-0.39, 0.29) is 6.04 Å². The van der Waals surface area contributed by atoms with Gasteiger partial charge < -0.3 is 14.0 Å². The number of rotatable bonds is 5. The molecular weight excluding hydrogens is 405 g/mol. The molecule has 0 bridgehead atoms. The summed E-state index contributed by atoms with van der Waals surface area (Å²) >= 11 is 0. The van der Waals surface area contributed by atoms with Gasteiger partial charge >= 0.3 is 6.18 Å². The number of aromatic nitrogens is 1. The highest BCUT2D eigenvalue weighted by molar-refractivity contribution is 5.50. The minimum Gasteiger partial charge on any atom is -0.493 e. The molecule has 31 heavy (non-hydrogen) atoms. The number of nitrogens with zero attached hydrogens (tertiary/aromatic N) is 2. The SMILES string of the molecule is COc1cccc(C2c3cccn3CCCN2Cc2cccc(C(F)(F)F)c2)c1OC. The van der Waals surface area contributed by atoms with Crippen molar-refractivity contribution in [1.29, 1.82) is 0 Å². The molecule has 1 aliphatic rings. The molecule has 0 fully saturated rings. The summed E-state index contributed by atoms with van der Waals surface area (Å²) in [5.74, 6) is 1.26. The lowest BCUT2D eigenvalue weighted by Gasteiger charge is -2.32. The Bertz CT molecular complexity index is 1050. The third kappa shape index (κ3) is 4.28. The molecule has 0 aliphatic carbocycles. The Morgan fingerprint density at radius 1 is 0.968 bits per heavy atom. The first kappa shape index (κ1) is 21.3. The van der Waals surface area contributed by atoms with Gasteiger partial charge in [-0.2, -0.15) is 13.2 Å². The Balaban J connectivity index is 1.79. The quantitative estimate of drug-likeness (QED) is 0.533. The molecule has 0 spiro atoms. The maximum Gasteiger partial charge on any atom is 0.416 e. The molecule has 0 amide bonds. The number of benzene rings is 2. The minimum absolute atomic E-state index is 0.183. The Labute approximate surface area is 179 Å². The summed E-state index contributed by atoms with van der Waals surface area (Å²) < 4.78 is 53.1. The van der Waals surface area contributed by atoms with Gasteiger partial charge in [-0.3, -0.25) is 4.90 Å². The zero-order valence-electron chi connectivity index (χ0n) is 17.5. The van der Waals surface area contributed by atoms with E-state index in [1.807, 2.05) is 30.5 Å². The van der Waals surface area contributed by atoms with Crippen molar-refractivity contribution in [3.8, 4) is 11.5 Å². The standard InChI is InChI=1S/C24H25F3N2O2/c1-30-21-11-4-9-19(23(21)31-2)22-20-10-5-12-28(20)13-6-14-29(22)16-17-7-3-8-18(15-17)24(25,26)27/h3-5,7-12,15,22H,6,13-14,16H2,1-2H3. The van der Waals surface area contributed by atoms with Gasteiger partial charge in [-0.25, -0.2) is 0 Å².